The van der Waals surface area contributed by atoms with E-state index in [1.807, 2.05) is 0 Å². The van der Waals surface area contributed by atoms with Crippen LogP contribution in [0.2, 0.25) is 10.0 Å². The molecule has 13 heteroatoms. The van der Waals surface area contributed by atoms with Gasteiger partial charge in [-0.2, -0.15) is 9.57 Å². The fourth-order valence-corrected chi connectivity index (χ4v) is 7.28. The van der Waals surface area contributed by atoms with Gasteiger partial charge in [-0.25, -0.2) is 21.6 Å². The first-order valence-electron chi connectivity index (χ1n) is 8.70. The number of carboxylic acid groups (broad SMARTS) is 1. The molecule has 0 spiro atoms. The molecule has 9 nitrogen and oxygen atoms in total. The second-order valence-corrected chi connectivity index (χ2v) is 11.3. The number of rotatable bonds is 4. The predicted octanol–water partition coefficient (Wildman–Crippen LogP) is 2.68. The number of amides is 1. The van der Waals surface area contributed by atoms with Gasteiger partial charge in [-0.15, -0.1) is 0 Å². The van der Waals surface area contributed by atoms with Crippen molar-refractivity contribution in [1.29, 1.82) is 5.26 Å². The monoisotopic (exact) mass is 503 g/mol. The smallest absolute Gasteiger partial charge is 0.407 e. The van der Waals surface area contributed by atoms with Crippen LogP contribution in [-0.2, 0) is 19.9 Å². The maximum absolute atomic E-state index is 13.3. The van der Waals surface area contributed by atoms with Crippen LogP contribution in [0.5, 0.6) is 0 Å². The van der Waals surface area contributed by atoms with E-state index in [1.54, 1.807) is 6.07 Å². The second-order valence-electron chi connectivity index (χ2n) is 6.56. The molecule has 1 N–H and O–H groups in total. The summed E-state index contributed by atoms with van der Waals surface area (Å²) in [4.78, 5) is 10.7. The summed E-state index contributed by atoms with van der Waals surface area (Å²) in [5, 5.41) is 18.4. The summed E-state index contributed by atoms with van der Waals surface area (Å²) < 4.78 is 54.1. The molecule has 1 fully saturated rings. The highest BCUT2D eigenvalue weighted by Gasteiger charge is 2.35. The van der Waals surface area contributed by atoms with Crippen molar-refractivity contribution in [1.82, 2.24) is 9.21 Å². The van der Waals surface area contributed by atoms with Crippen molar-refractivity contribution in [2.24, 2.45) is 0 Å². The second kappa shape index (κ2) is 8.64. The normalized spacial score (nSPS) is 15.5. The van der Waals surface area contributed by atoms with E-state index in [9.17, 15) is 26.9 Å². The van der Waals surface area contributed by atoms with Crippen molar-refractivity contribution < 1.29 is 26.7 Å². The van der Waals surface area contributed by atoms with E-state index in [4.69, 9.17) is 28.3 Å². The number of nitrogens with zero attached hydrogens (tertiary/aromatic N) is 3. The summed E-state index contributed by atoms with van der Waals surface area (Å²) in [5.41, 5.74) is -0.0502. The number of carbonyl (C=O) groups is 1. The minimum atomic E-state index is -4.37. The van der Waals surface area contributed by atoms with Crippen LogP contribution in [0.4, 0.5) is 4.79 Å². The molecule has 1 aliphatic heterocycles. The molecule has 0 unspecified atom stereocenters. The van der Waals surface area contributed by atoms with E-state index >= 15 is 0 Å². The van der Waals surface area contributed by atoms with Crippen molar-refractivity contribution in [2.75, 3.05) is 26.2 Å². The maximum atomic E-state index is 13.3. The van der Waals surface area contributed by atoms with Gasteiger partial charge < -0.3 is 10.0 Å². The molecule has 1 amide bonds. The fourth-order valence-electron chi connectivity index (χ4n) is 3.07. The lowest BCUT2D eigenvalue weighted by molar-refractivity contribution is 0.126. The molecule has 1 aliphatic rings. The third-order valence-electron chi connectivity index (χ3n) is 4.64. The van der Waals surface area contributed by atoms with E-state index in [1.165, 1.54) is 12.1 Å². The zero-order valence-corrected chi connectivity index (χ0v) is 18.8. The molecule has 0 aromatic heterocycles. The predicted molar refractivity (Wildman–Crippen MR) is 111 cm³/mol. The summed E-state index contributed by atoms with van der Waals surface area (Å²) in [6.45, 7) is -0.460. The number of hydrogen-bond acceptors (Lipinski definition) is 6. The topological polar surface area (TPSA) is 136 Å². The highest BCUT2D eigenvalue weighted by atomic mass is 35.5. The number of halogens is 2. The molecule has 0 aliphatic carbocycles. The van der Waals surface area contributed by atoms with Gasteiger partial charge in [-0.05, 0) is 36.4 Å². The van der Waals surface area contributed by atoms with Crippen LogP contribution in [-0.4, -0.2) is 63.4 Å². The molecule has 1 heterocycles. The molecule has 0 bridgehead atoms. The largest absolute Gasteiger partial charge is 0.465 e. The maximum Gasteiger partial charge on any atom is 0.407 e. The standard InChI is InChI=1S/C18H15Cl2N3O6S2/c19-13-8-14(20)10-15(9-13)30(26,27)16-2-1-12(11-21)7-17(16)31(28,29)23-5-3-22(4-6-23)18(24)25/h1-2,7-10H,3-6H2,(H,24,25). The summed E-state index contributed by atoms with van der Waals surface area (Å²) in [6, 6.07) is 8.64. The van der Waals surface area contributed by atoms with Gasteiger partial charge in [0.05, 0.1) is 21.4 Å². The third kappa shape index (κ3) is 4.63. The van der Waals surface area contributed by atoms with E-state index in [0.29, 0.717) is 0 Å². The van der Waals surface area contributed by atoms with E-state index in [0.717, 1.165) is 33.5 Å². The van der Waals surface area contributed by atoms with Gasteiger partial charge in [0.25, 0.3) is 0 Å². The first kappa shape index (κ1) is 23.3. The Morgan fingerprint density at radius 1 is 0.935 bits per heavy atom. The van der Waals surface area contributed by atoms with Crippen LogP contribution in [0, 0.1) is 11.3 Å². The third-order valence-corrected chi connectivity index (χ3v) is 8.93. The van der Waals surface area contributed by atoms with Gasteiger partial charge in [0.2, 0.25) is 19.9 Å². The van der Waals surface area contributed by atoms with Crippen LogP contribution < -0.4 is 0 Å². The Balaban J connectivity index is 2.13. The molecular formula is C18H15Cl2N3O6S2. The van der Waals surface area contributed by atoms with Gasteiger partial charge in [0, 0.05) is 36.2 Å². The number of piperazine rings is 1. The molecule has 2 aromatic carbocycles. The van der Waals surface area contributed by atoms with E-state index < -0.39 is 35.7 Å². The van der Waals surface area contributed by atoms with Crippen molar-refractivity contribution >= 4 is 49.2 Å². The van der Waals surface area contributed by atoms with Gasteiger partial charge >= 0.3 is 6.09 Å². The zero-order valence-electron chi connectivity index (χ0n) is 15.7. The van der Waals surface area contributed by atoms with Gasteiger partial charge in [-0.1, -0.05) is 23.2 Å². The summed E-state index contributed by atoms with van der Waals surface area (Å²) in [7, 11) is -8.74. The fraction of sp³-hybridized carbons (Fsp3) is 0.222. The highest BCUT2D eigenvalue weighted by Crippen LogP contribution is 2.33. The molecule has 0 saturated carbocycles. The molecular weight excluding hydrogens is 489 g/mol. The summed E-state index contributed by atoms with van der Waals surface area (Å²) in [5.74, 6) is 0. The van der Waals surface area contributed by atoms with Gasteiger partial charge in [-0.3, -0.25) is 0 Å². The first-order valence-corrected chi connectivity index (χ1v) is 12.4. The van der Waals surface area contributed by atoms with Gasteiger partial charge in [0.15, 0.2) is 0 Å². The minimum Gasteiger partial charge on any atom is -0.465 e. The van der Waals surface area contributed by atoms with E-state index in [2.05, 4.69) is 0 Å². The van der Waals surface area contributed by atoms with Crippen LogP contribution in [0.15, 0.2) is 51.1 Å². The zero-order chi connectivity index (χ0) is 23.0. The molecule has 0 atom stereocenters. The van der Waals surface area contributed by atoms with Crippen LogP contribution in [0.3, 0.4) is 0 Å². The number of sulfonamides is 1. The molecule has 0 radical (unpaired) electrons. The Labute approximate surface area is 189 Å². The number of benzene rings is 2. The summed E-state index contributed by atoms with van der Waals surface area (Å²) >= 11 is 11.8. The molecule has 31 heavy (non-hydrogen) atoms. The van der Waals surface area contributed by atoms with Crippen LogP contribution in [0.1, 0.15) is 5.56 Å². The lowest BCUT2D eigenvalue weighted by Gasteiger charge is -2.32. The Morgan fingerprint density at radius 3 is 2.03 bits per heavy atom. The Kier molecular flexibility index (Phi) is 6.50. The average molecular weight is 504 g/mol. The Bertz CT molecular complexity index is 1280. The molecule has 2 aromatic rings. The number of nitriles is 1. The average Bonchev–Trinajstić information content (AvgIpc) is 2.72. The molecule has 164 valence electrons. The molecule has 1 saturated heterocycles. The van der Waals surface area contributed by atoms with Crippen LogP contribution >= 0.6 is 23.2 Å². The Morgan fingerprint density at radius 2 is 1.52 bits per heavy atom. The highest BCUT2D eigenvalue weighted by molar-refractivity contribution is 7.93. The lowest BCUT2D eigenvalue weighted by atomic mass is 10.2. The number of sulfone groups is 1. The lowest BCUT2D eigenvalue weighted by Crippen LogP contribution is -2.50. The van der Waals surface area contributed by atoms with Crippen molar-refractivity contribution in [3.8, 4) is 6.07 Å². The SMILES string of the molecule is N#Cc1ccc(S(=O)(=O)c2cc(Cl)cc(Cl)c2)c(S(=O)(=O)N2CCN(C(=O)O)CC2)c1. The number of hydrogen-bond donors (Lipinski definition) is 1. The van der Waals surface area contributed by atoms with Crippen molar-refractivity contribution in [2.45, 2.75) is 14.7 Å². The first-order chi connectivity index (χ1) is 14.5. The molecule has 3 rings (SSSR count). The van der Waals surface area contributed by atoms with Crippen molar-refractivity contribution in [3.05, 3.63) is 52.0 Å². The van der Waals surface area contributed by atoms with Crippen molar-refractivity contribution in [3.63, 3.8) is 0 Å². The van der Waals surface area contributed by atoms with Gasteiger partial charge in [0.1, 0.15) is 4.90 Å². The van der Waals surface area contributed by atoms with E-state index in [-0.39, 0.29) is 46.7 Å². The summed E-state index contributed by atoms with van der Waals surface area (Å²) in [6.07, 6.45) is -1.18. The quantitative estimate of drug-likeness (QED) is 0.676. The minimum absolute atomic E-state index is 0.0499. The van der Waals surface area contributed by atoms with Crippen LogP contribution in [0.25, 0.3) is 0 Å². The Hall–Kier alpha value is -2.36.